The average molecular weight is 543 g/mol. The van der Waals surface area contributed by atoms with Gasteiger partial charge in [-0.15, -0.1) is 0 Å². The van der Waals surface area contributed by atoms with Crippen molar-refractivity contribution in [2.75, 3.05) is 33.0 Å². The van der Waals surface area contributed by atoms with Crippen LogP contribution in [0.2, 0.25) is 0 Å². The number of hydrogen-bond donors (Lipinski definition) is 4. The molecule has 210 valence electrons. The second kappa shape index (κ2) is 9.87. The number of hydrogen-bond acceptors (Lipinski definition) is 9. The van der Waals surface area contributed by atoms with Gasteiger partial charge in [-0.05, 0) is 66.1 Å². The summed E-state index contributed by atoms with van der Waals surface area (Å²) in [5.41, 5.74) is -1.55. The SMILES string of the molecule is CNC12CC3Cc4c(F)cc(NC(=O)CNC5CC5)c(O)c4C(=O)C3C(=O)C1CC(C(C)=O)C(=O)C2N(C)C. The highest BCUT2D eigenvalue weighted by atomic mass is 19.1. The lowest BCUT2D eigenvalue weighted by atomic mass is 9.51. The Balaban J connectivity index is 1.52. The Bertz CT molecular complexity index is 1280. The van der Waals surface area contributed by atoms with Crippen molar-refractivity contribution < 1.29 is 33.5 Å². The molecule has 4 aliphatic carbocycles. The van der Waals surface area contributed by atoms with Crippen molar-refractivity contribution in [3.8, 4) is 5.75 Å². The van der Waals surface area contributed by atoms with Crippen LogP contribution in [0.3, 0.4) is 0 Å². The topological polar surface area (TPSA) is 145 Å². The third-order valence-electron chi connectivity index (χ3n) is 9.14. The van der Waals surface area contributed by atoms with Gasteiger partial charge in [0.25, 0.3) is 0 Å². The predicted molar refractivity (Wildman–Crippen MR) is 139 cm³/mol. The molecule has 11 heteroatoms. The van der Waals surface area contributed by atoms with Crippen LogP contribution in [0.15, 0.2) is 6.07 Å². The summed E-state index contributed by atoms with van der Waals surface area (Å²) in [6, 6.07) is 0.481. The van der Waals surface area contributed by atoms with E-state index in [0.717, 1.165) is 18.9 Å². The lowest BCUT2D eigenvalue weighted by Gasteiger charge is -2.57. The van der Waals surface area contributed by atoms with Crippen LogP contribution in [0, 0.1) is 29.5 Å². The quantitative estimate of drug-likeness (QED) is 0.291. The summed E-state index contributed by atoms with van der Waals surface area (Å²) in [6.45, 7) is 1.31. The van der Waals surface area contributed by atoms with Gasteiger partial charge in [0.1, 0.15) is 23.1 Å². The van der Waals surface area contributed by atoms with E-state index in [4.69, 9.17) is 0 Å². The number of likely N-dealkylation sites (N-methyl/N-ethyl adjacent to an activating group) is 2. The van der Waals surface area contributed by atoms with Crippen molar-refractivity contribution in [2.24, 2.45) is 23.7 Å². The van der Waals surface area contributed by atoms with Gasteiger partial charge in [0, 0.05) is 23.6 Å². The number of aromatic hydroxyl groups is 1. The van der Waals surface area contributed by atoms with Crippen LogP contribution in [0.4, 0.5) is 10.1 Å². The summed E-state index contributed by atoms with van der Waals surface area (Å²) in [5, 5.41) is 19.7. The monoisotopic (exact) mass is 542 g/mol. The normalized spacial score (nSPS) is 31.9. The Morgan fingerprint density at radius 2 is 1.87 bits per heavy atom. The maximum Gasteiger partial charge on any atom is 0.238 e. The third-order valence-corrected chi connectivity index (χ3v) is 9.14. The van der Waals surface area contributed by atoms with E-state index >= 15 is 4.39 Å². The molecule has 1 amide bonds. The van der Waals surface area contributed by atoms with Gasteiger partial charge in [-0.3, -0.25) is 28.9 Å². The summed E-state index contributed by atoms with van der Waals surface area (Å²) < 4.78 is 15.4. The molecular weight excluding hydrogens is 507 g/mol. The molecule has 6 unspecified atom stereocenters. The molecule has 6 atom stereocenters. The highest BCUT2D eigenvalue weighted by Gasteiger charge is 2.64. The lowest BCUT2D eigenvalue weighted by Crippen LogP contribution is -2.74. The maximum absolute atomic E-state index is 15.4. The molecule has 1 aromatic carbocycles. The van der Waals surface area contributed by atoms with Crippen molar-refractivity contribution in [1.29, 1.82) is 0 Å². The summed E-state index contributed by atoms with van der Waals surface area (Å²) in [7, 11) is 5.09. The number of phenols is 1. The third kappa shape index (κ3) is 4.40. The molecule has 3 saturated carbocycles. The molecule has 1 aromatic rings. The van der Waals surface area contributed by atoms with E-state index in [1.54, 1.807) is 26.0 Å². The van der Waals surface area contributed by atoms with Crippen molar-refractivity contribution in [2.45, 2.75) is 56.7 Å². The van der Waals surface area contributed by atoms with E-state index in [0.29, 0.717) is 0 Å². The first kappa shape index (κ1) is 27.5. The fourth-order valence-corrected chi connectivity index (χ4v) is 7.23. The number of ketones is 4. The van der Waals surface area contributed by atoms with E-state index in [-0.39, 0.29) is 60.2 Å². The van der Waals surface area contributed by atoms with Crippen LogP contribution in [0.1, 0.15) is 48.5 Å². The first-order valence-electron chi connectivity index (χ1n) is 13.5. The van der Waals surface area contributed by atoms with E-state index in [9.17, 15) is 29.1 Å². The fraction of sp³-hybridized carbons (Fsp3) is 0.607. The van der Waals surface area contributed by atoms with Gasteiger partial charge >= 0.3 is 0 Å². The van der Waals surface area contributed by atoms with Gasteiger partial charge < -0.3 is 21.1 Å². The largest absolute Gasteiger partial charge is 0.505 e. The zero-order chi connectivity index (χ0) is 28.4. The molecule has 0 saturated heterocycles. The van der Waals surface area contributed by atoms with Gasteiger partial charge in [-0.25, -0.2) is 4.39 Å². The molecule has 3 fully saturated rings. The van der Waals surface area contributed by atoms with Gasteiger partial charge in [0.2, 0.25) is 5.91 Å². The van der Waals surface area contributed by atoms with Gasteiger partial charge in [0.05, 0.1) is 41.2 Å². The Morgan fingerprint density at radius 3 is 2.46 bits per heavy atom. The number of phenolic OH excluding ortho intramolecular Hbond substituents is 1. The fourth-order valence-electron chi connectivity index (χ4n) is 7.23. The number of fused-ring (bicyclic) bond motifs is 3. The highest BCUT2D eigenvalue weighted by molar-refractivity contribution is 6.17. The Hall–Kier alpha value is -3.02. The molecular formula is C28H35FN4O6. The molecule has 0 aliphatic heterocycles. The smallest absolute Gasteiger partial charge is 0.238 e. The summed E-state index contributed by atoms with van der Waals surface area (Å²) in [4.78, 5) is 67.8. The Morgan fingerprint density at radius 1 is 1.18 bits per heavy atom. The predicted octanol–water partition coefficient (Wildman–Crippen LogP) is 0.848. The van der Waals surface area contributed by atoms with E-state index < -0.39 is 64.3 Å². The number of Topliss-reactive ketones (excluding diaryl/α,β-unsaturated/α-hetero) is 4. The van der Waals surface area contributed by atoms with Gasteiger partial charge in [-0.2, -0.15) is 0 Å². The van der Waals surface area contributed by atoms with Crippen LogP contribution < -0.4 is 16.0 Å². The maximum atomic E-state index is 15.4. The molecule has 4 N–H and O–H groups in total. The van der Waals surface area contributed by atoms with Crippen LogP contribution in [-0.4, -0.2) is 84.4 Å². The van der Waals surface area contributed by atoms with Crippen molar-refractivity contribution >= 4 is 34.7 Å². The minimum Gasteiger partial charge on any atom is -0.505 e. The molecule has 0 spiro atoms. The molecule has 0 radical (unpaired) electrons. The minimum atomic E-state index is -1.15. The number of rotatable bonds is 7. The first-order valence-corrected chi connectivity index (χ1v) is 13.5. The first-order chi connectivity index (χ1) is 18.4. The molecule has 0 bridgehead atoms. The number of anilines is 1. The molecule has 39 heavy (non-hydrogen) atoms. The van der Waals surface area contributed by atoms with E-state index in [2.05, 4.69) is 16.0 Å². The second-order valence-corrected chi connectivity index (χ2v) is 11.7. The molecule has 0 heterocycles. The van der Waals surface area contributed by atoms with Crippen LogP contribution in [0.25, 0.3) is 0 Å². The van der Waals surface area contributed by atoms with Crippen molar-refractivity contribution in [3.05, 3.63) is 23.0 Å². The molecule has 10 nitrogen and oxygen atoms in total. The van der Waals surface area contributed by atoms with Crippen molar-refractivity contribution in [3.63, 3.8) is 0 Å². The number of benzene rings is 1. The van der Waals surface area contributed by atoms with Crippen LogP contribution >= 0.6 is 0 Å². The molecule has 5 rings (SSSR count). The number of halogens is 1. The number of nitrogens with zero attached hydrogens (tertiary/aromatic N) is 1. The van der Waals surface area contributed by atoms with Gasteiger partial charge in [0.15, 0.2) is 11.6 Å². The minimum absolute atomic E-state index is 0.00416. The number of carbonyl (C=O) groups excluding carboxylic acids is 5. The van der Waals surface area contributed by atoms with E-state index in [1.165, 1.54) is 6.92 Å². The average Bonchev–Trinajstić information content (AvgIpc) is 3.69. The summed E-state index contributed by atoms with van der Waals surface area (Å²) in [5.74, 6) is -7.04. The van der Waals surface area contributed by atoms with E-state index in [1.807, 2.05) is 0 Å². The Kier molecular flexibility index (Phi) is 6.97. The number of nitrogens with one attached hydrogen (secondary N) is 3. The van der Waals surface area contributed by atoms with Crippen molar-refractivity contribution in [1.82, 2.24) is 15.5 Å². The van der Waals surface area contributed by atoms with Crippen LogP contribution in [-0.2, 0) is 25.6 Å². The Labute approximate surface area is 226 Å². The second-order valence-electron chi connectivity index (χ2n) is 11.7. The lowest BCUT2D eigenvalue weighted by molar-refractivity contribution is -0.153. The van der Waals surface area contributed by atoms with Gasteiger partial charge in [-0.1, -0.05) is 0 Å². The number of amides is 1. The highest BCUT2D eigenvalue weighted by Crippen LogP contribution is 2.52. The number of carbonyl (C=O) groups is 5. The standard InChI is InChI=1S/C28H35FN4O6/c1-12(34)15-8-17-24(37)21-13(10-28(17,30-2)27(23(15)36)33(3)4)7-16-18(29)9-19(25(38)22(16)26(21)39)32-20(35)11-31-14-5-6-14/h9,13-15,17,21,27,30-31,38H,5-8,10-11H2,1-4H3,(H,32,35). The summed E-state index contributed by atoms with van der Waals surface area (Å²) >= 11 is 0. The molecule has 0 aromatic heterocycles. The summed E-state index contributed by atoms with van der Waals surface area (Å²) in [6.07, 6.45) is 2.19. The van der Waals surface area contributed by atoms with Crippen LogP contribution in [0.5, 0.6) is 5.75 Å². The molecule has 4 aliphatic rings. The zero-order valence-corrected chi connectivity index (χ0v) is 22.6. The zero-order valence-electron chi connectivity index (χ0n) is 22.6.